The first-order valence-electron chi connectivity index (χ1n) is 8.63. The van der Waals surface area contributed by atoms with Crippen molar-refractivity contribution in [2.45, 2.75) is 12.8 Å². The third kappa shape index (κ3) is 3.69. The third-order valence-corrected chi connectivity index (χ3v) is 4.36. The number of aryl methyl sites for hydroxylation is 2. The van der Waals surface area contributed by atoms with E-state index in [1.807, 2.05) is 24.4 Å². The Hall–Kier alpha value is -2.73. The summed E-state index contributed by atoms with van der Waals surface area (Å²) >= 11 is 0. The molecule has 25 heavy (non-hydrogen) atoms. The molecule has 0 amide bonds. The van der Waals surface area contributed by atoms with E-state index in [1.54, 1.807) is 0 Å². The van der Waals surface area contributed by atoms with Crippen LogP contribution in [-0.4, -0.2) is 46.5 Å². The van der Waals surface area contributed by atoms with Crippen LogP contribution in [-0.2, 0) is 17.6 Å². The number of rotatable bonds is 5. The van der Waals surface area contributed by atoms with E-state index in [9.17, 15) is 0 Å². The molecule has 4 rings (SSSR count). The summed E-state index contributed by atoms with van der Waals surface area (Å²) in [6, 6.07) is 14.4. The molecule has 0 radical (unpaired) electrons. The molecular formula is C19H21N5O. The zero-order chi connectivity index (χ0) is 16.9. The molecule has 0 bridgehead atoms. The normalized spacial score (nSPS) is 14.6. The lowest BCUT2D eigenvalue weighted by atomic mass is 10.1. The maximum absolute atomic E-state index is 5.44. The molecule has 2 aromatic heterocycles. The largest absolute Gasteiger partial charge is 0.378 e. The highest BCUT2D eigenvalue weighted by molar-refractivity contribution is 5.70. The van der Waals surface area contributed by atoms with Crippen molar-refractivity contribution in [2.75, 3.05) is 31.2 Å². The summed E-state index contributed by atoms with van der Waals surface area (Å²) in [5, 5.41) is 7.49. The number of benzene rings is 1. The molecule has 0 saturated carbocycles. The average Bonchev–Trinajstić information content (AvgIpc) is 3.17. The van der Waals surface area contributed by atoms with E-state index >= 15 is 0 Å². The number of nitrogens with zero attached hydrogens (tertiary/aromatic N) is 4. The van der Waals surface area contributed by atoms with Gasteiger partial charge in [0.05, 0.1) is 18.8 Å². The van der Waals surface area contributed by atoms with Crippen molar-refractivity contribution in [3.63, 3.8) is 0 Å². The van der Waals surface area contributed by atoms with Crippen molar-refractivity contribution in [2.24, 2.45) is 0 Å². The van der Waals surface area contributed by atoms with Gasteiger partial charge in [-0.25, -0.2) is 9.97 Å². The van der Waals surface area contributed by atoms with Crippen LogP contribution in [0.1, 0.15) is 11.4 Å². The summed E-state index contributed by atoms with van der Waals surface area (Å²) < 4.78 is 5.44. The Kier molecular flexibility index (Phi) is 4.70. The van der Waals surface area contributed by atoms with Crippen LogP contribution in [0.3, 0.4) is 0 Å². The van der Waals surface area contributed by atoms with Crippen molar-refractivity contribution in [1.82, 2.24) is 20.2 Å². The molecular weight excluding hydrogens is 314 g/mol. The van der Waals surface area contributed by atoms with Gasteiger partial charge < -0.3 is 9.64 Å². The Morgan fingerprint density at radius 1 is 1.00 bits per heavy atom. The number of ether oxygens (including phenoxy) is 1. The molecule has 128 valence electrons. The first kappa shape index (κ1) is 15.8. The Bertz CT molecular complexity index is 811. The molecule has 0 spiro atoms. The summed E-state index contributed by atoms with van der Waals surface area (Å²) in [7, 11) is 0. The van der Waals surface area contributed by atoms with Gasteiger partial charge in [0.25, 0.3) is 0 Å². The van der Waals surface area contributed by atoms with E-state index < -0.39 is 0 Å². The monoisotopic (exact) mass is 335 g/mol. The minimum absolute atomic E-state index is 0.706. The van der Waals surface area contributed by atoms with Crippen LogP contribution in [0.2, 0.25) is 0 Å². The number of morpholine rings is 1. The lowest BCUT2D eigenvalue weighted by molar-refractivity contribution is 0.122. The van der Waals surface area contributed by atoms with Crippen LogP contribution in [0.25, 0.3) is 11.4 Å². The molecule has 1 N–H and O–H groups in total. The fraction of sp³-hybridized carbons (Fsp3) is 0.316. The molecule has 1 aliphatic rings. The van der Waals surface area contributed by atoms with E-state index in [-0.39, 0.29) is 0 Å². The van der Waals surface area contributed by atoms with Gasteiger partial charge in [-0.05, 0) is 24.1 Å². The molecule has 3 heterocycles. The van der Waals surface area contributed by atoms with Crippen molar-refractivity contribution in [1.29, 1.82) is 0 Å². The fourth-order valence-corrected chi connectivity index (χ4v) is 3.03. The molecule has 1 fully saturated rings. The Morgan fingerprint density at radius 3 is 2.68 bits per heavy atom. The number of nitrogens with one attached hydrogen (secondary N) is 1. The standard InChI is InChI=1S/C19H21N5O/c1-2-5-15(6-3-1)8-9-17-21-18(23-22-17)16-7-4-10-20-19(16)24-11-13-25-14-12-24/h1-7,10H,8-9,11-14H2,(H,21,22,23). The zero-order valence-corrected chi connectivity index (χ0v) is 14.1. The van der Waals surface area contributed by atoms with Gasteiger partial charge >= 0.3 is 0 Å². The number of anilines is 1. The summed E-state index contributed by atoms with van der Waals surface area (Å²) in [6.45, 7) is 3.14. The highest BCUT2D eigenvalue weighted by Gasteiger charge is 2.19. The van der Waals surface area contributed by atoms with Crippen LogP contribution in [0.5, 0.6) is 0 Å². The Labute approximate surface area is 146 Å². The fourth-order valence-electron chi connectivity index (χ4n) is 3.03. The molecule has 0 unspecified atom stereocenters. The van der Waals surface area contributed by atoms with Crippen molar-refractivity contribution in [3.8, 4) is 11.4 Å². The van der Waals surface area contributed by atoms with Gasteiger partial charge in [-0.2, -0.15) is 5.10 Å². The maximum atomic E-state index is 5.44. The summed E-state index contributed by atoms with van der Waals surface area (Å²) in [5.41, 5.74) is 2.27. The lowest BCUT2D eigenvalue weighted by Crippen LogP contribution is -2.37. The minimum atomic E-state index is 0.706. The van der Waals surface area contributed by atoms with Gasteiger partial charge in [-0.15, -0.1) is 0 Å². The number of hydrogen-bond acceptors (Lipinski definition) is 5. The van der Waals surface area contributed by atoms with Crippen LogP contribution in [0.4, 0.5) is 5.82 Å². The lowest BCUT2D eigenvalue weighted by Gasteiger charge is -2.28. The number of hydrogen-bond donors (Lipinski definition) is 1. The van der Waals surface area contributed by atoms with E-state index in [0.717, 1.165) is 56.4 Å². The van der Waals surface area contributed by atoms with Crippen molar-refractivity contribution < 1.29 is 4.74 Å². The molecule has 1 aromatic carbocycles. The summed E-state index contributed by atoms with van der Waals surface area (Å²) in [4.78, 5) is 11.5. The van der Waals surface area contributed by atoms with Crippen molar-refractivity contribution in [3.05, 3.63) is 60.0 Å². The van der Waals surface area contributed by atoms with E-state index in [2.05, 4.69) is 49.3 Å². The number of pyridine rings is 1. The van der Waals surface area contributed by atoms with Crippen molar-refractivity contribution >= 4 is 5.82 Å². The second kappa shape index (κ2) is 7.44. The van der Waals surface area contributed by atoms with Gasteiger partial charge in [0.15, 0.2) is 5.82 Å². The molecule has 6 nitrogen and oxygen atoms in total. The molecule has 0 atom stereocenters. The smallest absolute Gasteiger partial charge is 0.184 e. The predicted octanol–water partition coefficient (Wildman–Crippen LogP) is 2.49. The molecule has 3 aromatic rings. The maximum Gasteiger partial charge on any atom is 0.184 e. The van der Waals surface area contributed by atoms with Gasteiger partial charge in [0, 0.05) is 25.7 Å². The van der Waals surface area contributed by atoms with Crippen LogP contribution >= 0.6 is 0 Å². The second-order valence-corrected chi connectivity index (χ2v) is 6.07. The molecule has 1 saturated heterocycles. The predicted molar refractivity (Wildman–Crippen MR) is 96.5 cm³/mol. The molecule has 6 heteroatoms. The van der Waals surface area contributed by atoms with E-state index in [0.29, 0.717) is 5.82 Å². The summed E-state index contributed by atoms with van der Waals surface area (Å²) in [6.07, 6.45) is 3.60. The highest BCUT2D eigenvalue weighted by Crippen LogP contribution is 2.26. The Morgan fingerprint density at radius 2 is 1.84 bits per heavy atom. The van der Waals surface area contributed by atoms with E-state index in [4.69, 9.17) is 4.74 Å². The second-order valence-electron chi connectivity index (χ2n) is 6.07. The highest BCUT2D eigenvalue weighted by atomic mass is 16.5. The van der Waals surface area contributed by atoms with Crippen LogP contribution < -0.4 is 4.90 Å². The zero-order valence-electron chi connectivity index (χ0n) is 14.1. The number of aromatic nitrogens is 4. The molecule has 0 aliphatic carbocycles. The number of aromatic amines is 1. The first-order valence-corrected chi connectivity index (χ1v) is 8.63. The van der Waals surface area contributed by atoms with Gasteiger partial charge in [0.2, 0.25) is 0 Å². The van der Waals surface area contributed by atoms with Gasteiger partial charge in [-0.1, -0.05) is 30.3 Å². The number of H-pyrrole nitrogens is 1. The minimum Gasteiger partial charge on any atom is -0.378 e. The SMILES string of the molecule is c1ccc(CCc2nc(-c3cccnc3N3CCOCC3)n[nH]2)cc1. The average molecular weight is 335 g/mol. The molecule has 1 aliphatic heterocycles. The van der Waals surface area contributed by atoms with Gasteiger partial charge in [0.1, 0.15) is 11.6 Å². The van der Waals surface area contributed by atoms with E-state index in [1.165, 1.54) is 5.56 Å². The van der Waals surface area contributed by atoms with Crippen LogP contribution in [0.15, 0.2) is 48.7 Å². The topological polar surface area (TPSA) is 66.9 Å². The van der Waals surface area contributed by atoms with Crippen LogP contribution in [0, 0.1) is 0 Å². The van der Waals surface area contributed by atoms with Gasteiger partial charge in [-0.3, -0.25) is 5.10 Å². The first-order chi connectivity index (χ1) is 12.4. The third-order valence-electron chi connectivity index (χ3n) is 4.36. The summed E-state index contributed by atoms with van der Waals surface area (Å²) in [5.74, 6) is 2.53. The Balaban J connectivity index is 1.52. The quantitative estimate of drug-likeness (QED) is 0.776.